The molecular weight excluding hydrogens is 333 g/mol. The van der Waals surface area contributed by atoms with Crippen LogP contribution in [-0.4, -0.2) is 43.5 Å². The first kappa shape index (κ1) is 20.2. The Morgan fingerprint density at radius 2 is 2.04 bits per heavy atom. The molecule has 130 valence electrons. The van der Waals surface area contributed by atoms with Crippen molar-refractivity contribution in [1.29, 1.82) is 0 Å². The van der Waals surface area contributed by atoms with Gasteiger partial charge in [-0.15, -0.1) is 12.4 Å². The Hall–Kier alpha value is -0.810. The molecule has 0 saturated carbocycles. The summed E-state index contributed by atoms with van der Waals surface area (Å²) in [5.74, 6) is 0.782. The molecule has 0 bridgehead atoms. The lowest BCUT2D eigenvalue weighted by atomic mass is 9.97. The first-order valence-electron chi connectivity index (χ1n) is 8.08. The van der Waals surface area contributed by atoms with Crippen molar-refractivity contribution in [1.82, 2.24) is 10.2 Å². The number of hydrogen-bond donors (Lipinski definition) is 2. The van der Waals surface area contributed by atoms with E-state index < -0.39 is 0 Å². The summed E-state index contributed by atoms with van der Waals surface area (Å²) in [6.45, 7) is 8.64. The molecule has 4 nitrogen and oxygen atoms in total. The highest BCUT2D eigenvalue weighted by Crippen LogP contribution is 2.23. The van der Waals surface area contributed by atoms with Crippen molar-refractivity contribution in [3.8, 4) is 0 Å². The van der Waals surface area contributed by atoms with Gasteiger partial charge in [-0.25, -0.2) is 0 Å². The van der Waals surface area contributed by atoms with Crippen molar-refractivity contribution in [2.45, 2.75) is 26.7 Å². The lowest BCUT2D eigenvalue weighted by Gasteiger charge is -2.31. The van der Waals surface area contributed by atoms with Crippen LogP contribution in [0.2, 0.25) is 5.02 Å². The number of nitrogens with zero attached hydrogens (tertiary/aromatic N) is 1. The van der Waals surface area contributed by atoms with E-state index in [1.807, 2.05) is 25.1 Å². The molecule has 0 unspecified atom stereocenters. The molecular formula is C17H27Cl2N3O. The van der Waals surface area contributed by atoms with E-state index in [0.717, 1.165) is 56.2 Å². The van der Waals surface area contributed by atoms with Gasteiger partial charge >= 0.3 is 0 Å². The largest absolute Gasteiger partial charge is 0.325 e. The van der Waals surface area contributed by atoms with Crippen LogP contribution in [0.15, 0.2) is 18.2 Å². The van der Waals surface area contributed by atoms with Crippen molar-refractivity contribution in [2.24, 2.45) is 5.92 Å². The Morgan fingerprint density at radius 3 is 2.70 bits per heavy atom. The number of piperidine rings is 1. The standard InChI is InChI=1S/C17H26ClN3O.ClH/c1-3-19-11-14-7-9-21(10-8-14)12-17(22)20-16-6-4-5-15(18)13(16)2;/h4-6,14,19H,3,7-12H2,1-2H3,(H,20,22);1H. The quantitative estimate of drug-likeness (QED) is 0.818. The minimum atomic E-state index is 0. The minimum absolute atomic E-state index is 0. The van der Waals surface area contributed by atoms with Gasteiger partial charge in [-0.3, -0.25) is 9.69 Å². The highest BCUT2D eigenvalue weighted by atomic mass is 35.5. The number of carbonyl (C=O) groups excluding carboxylic acids is 1. The molecule has 2 N–H and O–H groups in total. The molecule has 1 aromatic carbocycles. The van der Waals surface area contributed by atoms with Crippen LogP contribution in [0, 0.1) is 12.8 Å². The molecule has 1 amide bonds. The Labute approximate surface area is 150 Å². The van der Waals surface area contributed by atoms with E-state index in [4.69, 9.17) is 11.6 Å². The molecule has 1 aromatic rings. The Bertz CT molecular complexity index is 503. The zero-order valence-corrected chi connectivity index (χ0v) is 15.5. The summed E-state index contributed by atoms with van der Waals surface area (Å²) in [5.41, 5.74) is 1.72. The molecule has 6 heteroatoms. The topological polar surface area (TPSA) is 44.4 Å². The van der Waals surface area contributed by atoms with Gasteiger partial charge < -0.3 is 10.6 Å². The molecule has 2 rings (SSSR count). The van der Waals surface area contributed by atoms with E-state index in [9.17, 15) is 4.79 Å². The maximum Gasteiger partial charge on any atom is 0.238 e. The Kier molecular flexibility index (Phi) is 8.92. The van der Waals surface area contributed by atoms with Gasteiger partial charge in [0.1, 0.15) is 0 Å². The number of carbonyl (C=O) groups is 1. The van der Waals surface area contributed by atoms with Crippen LogP contribution in [0.4, 0.5) is 5.69 Å². The van der Waals surface area contributed by atoms with Crippen LogP contribution in [-0.2, 0) is 4.79 Å². The fourth-order valence-corrected chi connectivity index (χ4v) is 3.01. The fourth-order valence-electron chi connectivity index (χ4n) is 2.83. The van der Waals surface area contributed by atoms with E-state index >= 15 is 0 Å². The second kappa shape index (κ2) is 10.1. The van der Waals surface area contributed by atoms with Gasteiger partial charge in [0.05, 0.1) is 6.54 Å². The maximum absolute atomic E-state index is 12.2. The maximum atomic E-state index is 12.2. The lowest BCUT2D eigenvalue weighted by molar-refractivity contribution is -0.117. The highest BCUT2D eigenvalue weighted by Gasteiger charge is 2.20. The third kappa shape index (κ3) is 6.30. The van der Waals surface area contributed by atoms with Gasteiger partial charge in [0.25, 0.3) is 0 Å². The summed E-state index contributed by atoms with van der Waals surface area (Å²) < 4.78 is 0. The van der Waals surface area contributed by atoms with Crippen molar-refractivity contribution in [3.63, 3.8) is 0 Å². The zero-order valence-electron chi connectivity index (χ0n) is 13.9. The summed E-state index contributed by atoms with van der Waals surface area (Å²) in [7, 11) is 0. The third-order valence-corrected chi connectivity index (χ3v) is 4.71. The normalized spacial score (nSPS) is 16.0. The molecule has 1 heterocycles. The first-order chi connectivity index (χ1) is 10.6. The molecule has 23 heavy (non-hydrogen) atoms. The molecule has 1 aliphatic heterocycles. The fraction of sp³-hybridized carbons (Fsp3) is 0.588. The van der Waals surface area contributed by atoms with Crippen molar-refractivity contribution >= 4 is 35.6 Å². The zero-order chi connectivity index (χ0) is 15.9. The number of hydrogen-bond acceptors (Lipinski definition) is 3. The number of anilines is 1. The minimum Gasteiger partial charge on any atom is -0.325 e. The van der Waals surface area contributed by atoms with Gasteiger partial charge in [-0.05, 0) is 69.6 Å². The summed E-state index contributed by atoms with van der Waals surface area (Å²) in [6.07, 6.45) is 2.33. The van der Waals surface area contributed by atoms with E-state index in [1.165, 1.54) is 0 Å². The average molecular weight is 360 g/mol. The van der Waals surface area contributed by atoms with E-state index in [1.54, 1.807) is 0 Å². The van der Waals surface area contributed by atoms with Crippen LogP contribution >= 0.6 is 24.0 Å². The van der Waals surface area contributed by atoms with Crippen molar-refractivity contribution < 1.29 is 4.79 Å². The third-order valence-electron chi connectivity index (χ3n) is 4.30. The van der Waals surface area contributed by atoms with Gasteiger partial charge in [-0.1, -0.05) is 24.6 Å². The van der Waals surface area contributed by atoms with Gasteiger partial charge in [0, 0.05) is 10.7 Å². The summed E-state index contributed by atoms with van der Waals surface area (Å²) >= 11 is 6.08. The SMILES string of the molecule is CCNCC1CCN(CC(=O)Nc2cccc(Cl)c2C)CC1.Cl. The summed E-state index contributed by atoms with van der Waals surface area (Å²) in [5, 5.41) is 7.06. The van der Waals surface area contributed by atoms with Crippen LogP contribution < -0.4 is 10.6 Å². The molecule has 0 aromatic heterocycles. The Balaban J connectivity index is 0.00000264. The summed E-state index contributed by atoms with van der Waals surface area (Å²) in [4.78, 5) is 14.4. The highest BCUT2D eigenvalue weighted by molar-refractivity contribution is 6.31. The number of benzene rings is 1. The number of nitrogens with one attached hydrogen (secondary N) is 2. The average Bonchev–Trinajstić information content (AvgIpc) is 2.51. The molecule has 0 atom stereocenters. The second-order valence-electron chi connectivity index (χ2n) is 5.99. The molecule has 1 aliphatic rings. The predicted molar refractivity (Wildman–Crippen MR) is 99.8 cm³/mol. The van der Waals surface area contributed by atoms with Crippen LogP contribution in [0.5, 0.6) is 0 Å². The van der Waals surface area contributed by atoms with Gasteiger partial charge in [0.15, 0.2) is 0 Å². The summed E-state index contributed by atoms with van der Waals surface area (Å²) in [6, 6.07) is 5.58. The first-order valence-corrected chi connectivity index (χ1v) is 8.46. The van der Waals surface area contributed by atoms with E-state index in [0.29, 0.717) is 11.6 Å². The van der Waals surface area contributed by atoms with Crippen molar-refractivity contribution in [2.75, 3.05) is 38.0 Å². The monoisotopic (exact) mass is 359 g/mol. The van der Waals surface area contributed by atoms with Gasteiger partial charge in [0.2, 0.25) is 5.91 Å². The molecule has 0 aliphatic carbocycles. The lowest BCUT2D eigenvalue weighted by Crippen LogP contribution is -2.41. The van der Waals surface area contributed by atoms with E-state index in [-0.39, 0.29) is 18.3 Å². The molecule has 0 radical (unpaired) electrons. The van der Waals surface area contributed by atoms with Crippen LogP contribution in [0.25, 0.3) is 0 Å². The van der Waals surface area contributed by atoms with Crippen LogP contribution in [0.3, 0.4) is 0 Å². The smallest absolute Gasteiger partial charge is 0.238 e. The van der Waals surface area contributed by atoms with Crippen LogP contribution in [0.1, 0.15) is 25.3 Å². The number of likely N-dealkylation sites (tertiary alicyclic amines) is 1. The van der Waals surface area contributed by atoms with E-state index in [2.05, 4.69) is 22.5 Å². The second-order valence-corrected chi connectivity index (χ2v) is 6.39. The molecule has 1 fully saturated rings. The number of halogens is 2. The molecule has 1 saturated heterocycles. The predicted octanol–water partition coefficient (Wildman–Crippen LogP) is 3.33. The Morgan fingerprint density at radius 1 is 1.35 bits per heavy atom. The molecule has 0 spiro atoms. The van der Waals surface area contributed by atoms with Crippen molar-refractivity contribution in [3.05, 3.63) is 28.8 Å². The van der Waals surface area contributed by atoms with Gasteiger partial charge in [-0.2, -0.15) is 0 Å². The number of rotatable bonds is 6. The number of amides is 1.